The zero-order valence-electron chi connectivity index (χ0n) is 9.07. The molecule has 0 saturated carbocycles. The molecule has 0 aliphatic heterocycles. The molecule has 0 spiro atoms. The third-order valence-corrected chi connectivity index (χ3v) is 10.2. The molecule has 0 heterocycles. The van der Waals surface area contributed by atoms with Crippen molar-refractivity contribution in [1.29, 1.82) is 0 Å². The first kappa shape index (κ1) is 14.2. The molecule has 0 aromatic carbocycles. The fraction of sp³-hybridized carbons (Fsp3) is 1.00. The molecule has 13 heavy (non-hydrogen) atoms. The van der Waals surface area contributed by atoms with Gasteiger partial charge in [0, 0.05) is 0 Å². The van der Waals surface area contributed by atoms with Crippen LogP contribution in [0.3, 0.4) is 0 Å². The van der Waals surface area contributed by atoms with Crippen molar-refractivity contribution in [1.82, 2.24) is 0 Å². The summed E-state index contributed by atoms with van der Waals surface area (Å²) in [6.07, 6.45) is 0. The molecule has 0 aliphatic carbocycles. The van der Waals surface area contributed by atoms with Gasteiger partial charge in [-0.2, -0.15) is 0 Å². The van der Waals surface area contributed by atoms with Crippen molar-refractivity contribution in [2.75, 3.05) is 0 Å². The topological polar surface area (TPSA) is 18.5 Å². The molecule has 0 rings (SSSR count). The van der Waals surface area contributed by atoms with Crippen molar-refractivity contribution >= 4 is 46.0 Å². The number of halogens is 2. The largest absolute Gasteiger partial charge is 0.425 e. The fourth-order valence-corrected chi connectivity index (χ4v) is 14.4. The highest BCUT2D eigenvalue weighted by molar-refractivity contribution is 7.20. The van der Waals surface area contributed by atoms with Crippen LogP contribution in [0.1, 0.15) is 0 Å². The molecule has 0 N–H and O–H groups in total. The van der Waals surface area contributed by atoms with Crippen LogP contribution in [0.2, 0.25) is 39.3 Å². The molecule has 2 nitrogen and oxygen atoms in total. The molecule has 0 atom stereocenters. The standard InChI is InChI=1S/C6H18Cl2O2Si3/c1-11(2,7)9-13(5,6)10-12(3,4)8/h1-6H3. The second-order valence-corrected chi connectivity index (χ2v) is 19.7. The predicted octanol–water partition coefficient (Wildman–Crippen LogP) is 3.60. The van der Waals surface area contributed by atoms with E-state index >= 15 is 0 Å². The molecule has 0 aliphatic rings. The Morgan fingerprint density at radius 1 is 0.692 bits per heavy atom. The summed E-state index contributed by atoms with van der Waals surface area (Å²) in [5.74, 6) is 0. The minimum Gasteiger partial charge on any atom is -0.425 e. The molecule has 80 valence electrons. The van der Waals surface area contributed by atoms with Crippen LogP contribution in [0.5, 0.6) is 0 Å². The summed E-state index contributed by atoms with van der Waals surface area (Å²) in [5, 5.41) is 0. The van der Waals surface area contributed by atoms with Gasteiger partial charge < -0.3 is 8.23 Å². The van der Waals surface area contributed by atoms with Crippen LogP contribution in [0.4, 0.5) is 0 Å². The van der Waals surface area contributed by atoms with Crippen molar-refractivity contribution in [2.24, 2.45) is 0 Å². The van der Waals surface area contributed by atoms with E-state index in [1.807, 2.05) is 39.3 Å². The lowest BCUT2D eigenvalue weighted by Gasteiger charge is -2.33. The Labute approximate surface area is 93.4 Å². The minimum atomic E-state index is -2.11. The lowest BCUT2D eigenvalue weighted by Crippen LogP contribution is -2.48. The van der Waals surface area contributed by atoms with Crippen LogP contribution in [-0.4, -0.2) is 23.8 Å². The molecule has 0 aromatic heterocycles. The van der Waals surface area contributed by atoms with Crippen molar-refractivity contribution < 1.29 is 8.23 Å². The van der Waals surface area contributed by atoms with E-state index in [1.165, 1.54) is 0 Å². The number of hydrogen-bond donors (Lipinski definition) is 0. The molecule has 0 aromatic rings. The van der Waals surface area contributed by atoms with Crippen LogP contribution in [0.25, 0.3) is 0 Å². The van der Waals surface area contributed by atoms with Gasteiger partial charge in [-0.1, -0.05) is 0 Å². The van der Waals surface area contributed by atoms with Gasteiger partial charge in [-0.15, -0.1) is 22.2 Å². The molecular formula is C6H18Cl2O2Si3. The average Bonchev–Trinajstić information content (AvgIpc) is 1.43. The first-order valence-electron chi connectivity index (χ1n) is 4.19. The van der Waals surface area contributed by atoms with Crippen LogP contribution < -0.4 is 0 Å². The van der Waals surface area contributed by atoms with E-state index in [2.05, 4.69) is 0 Å². The SMILES string of the molecule is C[Si](C)(Cl)O[Si](C)(C)O[Si](C)(C)Cl. The van der Waals surface area contributed by atoms with E-state index in [9.17, 15) is 0 Å². The van der Waals surface area contributed by atoms with Gasteiger partial charge in [-0.25, -0.2) is 0 Å². The first-order chi connectivity index (χ1) is 5.41. The Kier molecular flexibility index (Phi) is 4.72. The molecular weight excluding hydrogens is 259 g/mol. The van der Waals surface area contributed by atoms with Crippen molar-refractivity contribution in [3.8, 4) is 0 Å². The summed E-state index contributed by atoms with van der Waals surface area (Å²) >= 11 is 12.2. The van der Waals surface area contributed by atoms with Gasteiger partial charge in [0.1, 0.15) is 0 Å². The summed E-state index contributed by atoms with van der Waals surface area (Å²) in [6, 6.07) is 0. The van der Waals surface area contributed by atoms with E-state index < -0.39 is 23.8 Å². The zero-order valence-corrected chi connectivity index (χ0v) is 13.6. The zero-order chi connectivity index (χ0) is 10.9. The Morgan fingerprint density at radius 2 is 0.923 bits per heavy atom. The molecule has 7 heteroatoms. The Balaban J connectivity index is 4.25. The summed E-state index contributed by atoms with van der Waals surface area (Å²) in [7, 11) is -6.15. The van der Waals surface area contributed by atoms with E-state index in [1.54, 1.807) is 0 Å². The lowest BCUT2D eigenvalue weighted by atomic mass is 11.9. The van der Waals surface area contributed by atoms with Crippen molar-refractivity contribution in [3.05, 3.63) is 0 Å². The van der Waals surface area contributed by atoms with E-state index in [0.717, 1.165) is 0 Å². The highest BCUT2D eigenvalue weighted by Crippen LogP contribution is 2.23. The molecule has 0 saturated heterocycles. The van der Waals surface area contributed by atoms with Crippen molar-refractivity contribution in [3.63, 3.8) is 0 Å². The van der Waals surface area contributed by atoms with Gasteiger partial charge >= 0.3 is 8.56 Å². The van der Waals surface area contributed by atoms with Gasteiger partial charge in [-0.3, -0.25) is 0 Å². The number of rotatable bonds is 4. The van der Waals surface area contributed by atoms with Crippen LogP contribution >= 0.6 is 22.2 Å². The minimum absolute atomic E-state index is 1.94. The van der Waals surface area contributed by atoms with Crippen molar-refractivity contribution in [2.45, 2.75) is 39.3 Å². The maximum absolute atomic E-state index is 6.09. The van der Waals surface area contributed by atoms with Gasteiger partial charge in [0.15, 0.2) is 0 Å². The average molecular weight is 277 g/mol. The molecule has 0 fully saturated rings. The Bertz CT molecular complexity index is 156. The predicted molar refractivity (Wildman–Crippen MR) is 66.3 cm³/mol. The Hall–Kier alpha value is 1.15. The monoisotopic (exact) mass is 276 g/mol. The van der Waals surface area contributed by atoms with E-state index in [-0.39, 0.29) is 0 Å². The summed E-state index contributed by atoms with van der Waals surface area (Å²) in [6.45, 7) is 11.7. The highest BCUT2D eigenvalue weighted by Gasteiger charge is 2.38. The quantitative estimate of drug-likeness (QED) is 0.577. The fourth-order valence-electron chi connectivity index (χ4n) is 1.19. The molecule has 0 bridgehead atoms. The maximum Gasteiger partial charge on any atom is 0.312 e. The highest BCUT2D eigenvalue weighted by atomic mass is 35.6. The third-order valence-electron chi connectivity index (χ3n) is 0.977. The van der Waals surface area contributed by atoms with Crippen LogP contribution in [-0.2, 0) is 8.23 Å². The smallest absolute Gasteiger partial charge is 0.312 e. The van der Waals surface area contributed by atoms with E-state index in [4.69, 9.17) is 30.4 Å². The van der Waals surface area contributed by atoms with E-state index in [0.29, 0.717) is 0 Å². The first-order valence-corrected chi connectivity index (χ1v) is 14.9. The molecule has 0 radical (unpaired) electrons. The van der Waals surface area contributed by atoms with Crippen LogP contribution in [0, 0.1) is 0 Å². The van der Waals surface area contributed by atoms with Gasteiger partial charge in [0.05, 0.1) is 0 Å². The summed E-state index contributed by atoms with van der Waals surface area (Å²) in [4.78, 5) is 0. The van der Waals surface area contributed by atoms with Gasteiger partial charge in [0.2, 0.25) is 0 Å². The second-order valence-electron chi connectivity index (χ2n) is 4.33. The summed E-state index contributed by atoms with van der Waals surface area (Å²) in [5.41, 5.74) is 0. The maximum atomic E-state index is 6.09. The van der Waals surface area contributed by atoms with Crippen LogP contribution in [0.15, 0.2) is 0 Å². The second kappa shape index (κ2) is 4.34. The number of hydrogen-bond acceptors (Lipinski definition) is 2. The molecule has 0 unspecified atom stereocenters. The van der Waals surface area contributed by atoms with Gasteiger partial charge in [-0.05, 0) is 39.3 Å². The molecule has 0 amide bonds. The summed E-state index contributed by atoms with van der Waals surface area (Å²) < 4.78 is 11.5. The lowest BCUT2D eigenvalue weighted by molar-refractivity contribution is 0.407. The third kappa shape index (κ3) is 9.45. The Morgan fingerprint density at radius 3 is 1.08 bits per heavy atom. The van der Waals surface area contributed by atoms with Gasteiger partial charge in [0.25, 0.3) is 15.3 Å². The normalized spacial score (nSPS) is 14.8.